The summed E-state index contributed by atoms with van der Waals surface area (Å²) in [6.07, 6.45) is 0. The van der Waals surface area contributed by atoms with Crippen LogP contribution in [-0.4, -0.2) is 59.1 Å². The Morgan fingerprint density at radius 1 is 0.413 bits per heavy atom. The minimum atomic E-state index is -1.42. The van der Waals surface area contributed by atoms with E-state index in [-0.39, 0.29) is 73.4 Å². The number of amides is 4. The average molecular weight is 999 g/mol. The summed E-state index contributed by atoms with van der Waals surface area (Å²) in [5, 5.41) is 63.6. The standard InChI is InChI=1S/C57H42N8O10/c1-74-47-25-21-34(53(68)58-36-15-5-3-6-16-36)29-45(47)62-64-49-39-19-11-9-13-32(39)27-42(51(49)66)55(70)60-38-23-24-41(57(72)73)44(31-38)61-56(71)43-28-33-14-10-12-20-40(33)50(52(43)67)65-63-46-30-35(22-26-48(46)75-2)54(69)59-37-17-7-4-8-18-37/h3-31,66-67H,1-2H3,(H,58,68)(H,59,69)(H,60,70)(H,61,71)(H,72,73). The number of aromatic hydroxyl groups is 2. The number of fused-ring (bicyclic) bond motifs is 2. The van der Waals surface area contributed by atoms with Crippen LogP contribution in [0.3, 0.4) is 0 Å². The van der Waals surface area contributed by atoms with Crippen LogP contribution in [0.1, 0.15) is 51.8 Å². The number of carbonyl (C=O) groups is 5. The molecule has 370 valence electrons. The minimum Gasteiger partial charge on any atom is -0.505 e. The summed E-state index contributed by atoms with van der Waals surface area (Å²) in [5.74, 6) is -4.68. The topological polar surface area (TPSA) is 262 Å². The van der Waals surface area contributed by atoms with Crippen LogP contribution in [0.5, 0.6) is 23.0 Å². The van der Waals surface area contributed by atoms with Gasteiger partial charge in [-0.25, -0.2) is 4.79 Å². The van der Waals surface area contributed by atoms with Crippen molar-refractivity contribution in [1.29, 1.82) is 0 Å². The van der Waals surface area contributed by atoms with Gasteiger partial charge in [0, 0.05) is 39.0 Å². The first kappa shape index (κ1) is 49.2. The third kappa shape index (κ3) is 10.8. The average Bonchev–Trinajstić information content (AvgIpc) is 3.42. The molecule has 0 aliphatic heterocycles. The Kier molecular flexibility index (Phi) is 14.3. The Morgan fingerprint density at radius 3 is 1.29 bits per heavy atom. The number of carbonyl (C=O) groups excluding carboxylic acids is 4. The predicted molar refractivity (Wildman–Crippen MR) is 284 cm³/mol. The van der Waals surface area contributed by atoms with Gasteiger partial charge in [0.25, 0.3) is 23.6 Å². The molecule has 0 saturated heterocycles. The number of methoxy groups -OCH3 is 2. The molecule has 0 unspecified atom stereocenters. The number of azo groups is 2. The minimum absolute atomic E-state index is 0.0113. The van der Waals surface area contributed by atoms with Crippen LogP contribution in [0.4, 0.5) is 45.5 Å². The van der Waals surface area contributed by atoms with Gasteiger partial charge in [-0.1, -0.05) is 84.9 Å². The van der Waals surface area contributed by atoms with Crippen molar-refractivity contribution in [3.8, 4) is 23.0 Å². The van der Waals surface area contributed by atoms with E-state index in [0.717, 1.165) is 6.07 Å². The van der Waals surface area contributed by atoms with Crippen LogP contribution in [0, 0.1) is 0 Å². The van der Waals surface area contributed by atoms with E-state index in [1.807, 2.05) is 12.1 Å². The number of phenolic OH excluding ortho intramolecular Hbond substituents is 2. The summed E-state index contributed by atoms with van der Waals surface area (Å²) in [5.41, 5.74) is 0.558. The van der Waals surface area contributed by atoms with Crippen LogP contribution < -0.4 is 30.7 Å². The molecular formula is C57H42N8O10. The monoisotopic (exact) mass is 998 g/mol. The molecule has 0 radical (unpaired) electrons. The molecule has 0 aliphatic carbocycles. The van der Waals surface area contributed by atoms with Crippen molar-refractivity contribution in [2.24, 2.45) is 20.5 Å². The van der Waals surface area contributed by atoms with Crippen LogP contribution in [0.2, 0.25) is 0 Å². The lowest BCUT2D eigenvalue weighted by atomic mass is 10.0. The number of anilines is 4. The molecule has 4 amide bonds. The third-order valence-corrected chi connectivity index (χ3v) is 11.7. The molecule has 75 heavy (non-hydrogen) atoms. The Hall–Kier alpha value is -10.8. The highest BCUT2D eigenvalue weighted by Gasteiger charge is 2.24. The van der Waals surface area contributed by atoms with Gasteiger partial charge in [0.05, 0.1) is 36.6 Å². The fraction of sp³-hybridized carbons (Fsp3) is 0.0351. The van der Waals surface area contributed by atoms with Crippen molar-refractivity contribution < 1.29 is 48.8 Å². The maximum atomic E-state index is 14.2. The molecule has 0 saturated carbocycles. The number of hydrogen-bond donors (Lipinski definition) is 7. The molecule has 9 rings (SSSR count). The van der Waals surface area contributed by atoms with E-state index < -0.39 is 41.1 Å². The van der Waals surface area contributed by atoms with Gasteiger partial charge in [0.15, 0.2) is 11.5 Å². The molecule has 0 heterocycles. The molecule has 9 aromatic rings. The maximum absolute atomic E-state index is 14.2. The summed E-state index contributed by atoms with van der Waals surface area (Å²) in [4.78, 5) is 67.1. The molecule has 7 N–H and O–H groups in total. The second-order valence-electron chi connectivity index (χ2n) is 16.5. The zero-order chi connectivity index (χ0) is 52.6. The summed E-state index contributed by atoms with van der Waals surface area (Å²) < 4.78 is 11.0. The van der Waals surface area contributed by atoms with E-state index in [0.29, 0.717) is 32.9 Å². The molecule has 18 heteroatoms. The SMILES string of the molecule is COc1ccc(C(=O)Nc2ccccc2)cc1N=Nc1c(O)c(C(=O)Nc2ccc(C(=O)O)c(NC(=O)c3cc4ccccc4c(N=Nc4cc(C(=O)Nc5ccccc5)ccc4OC)c3O)c2)cc2ccccc12. The number of benzene rings is 9. The van der Waals surface area contributed by atoms with Gasteiger partial charge in [-0.05, 0) is 102 Å². The molecule has 0 bridgehead atoms. The number of ether oxygens (including phenoxy) is 2. The number of nitrogens with zero attached hydrogens (tertiary/aromatic N) is 4. The zero-order valence-electron chi connectivity index (χ0n) is 39.7. The van der Waals surface area contributed by atoms with E-state index >= 15 is 0 Å². The molecular weight excluding hydrogens is 957 g/mol. The van der Waals surface area contributed by atoms with Crippen LogP contribution >= 0.6 is 0 Å². The van der Waals surface area contributed by atoms with Gasteiger partial charge in [-0.15, -0.1) is 20.5 Å². The number of aromatic carboxylic acids is 1. The van der Waals surface area contributed by atoms with Crippen molar-refractivity contribution in [2.75, 3.05) is 35.5 Å². The van der Waals surface area contributed by atoms with Crippen molar-refractivity contribution in [3.05, 3.63) is 204 Å². The lowest BCUT2D eigenvalue weighted by molar-refractivity contribution is 0.0697. The van der Waals surface area contributed by atoms with Crippen molar-refractivity contribution in [2.45, 2.75) is 0 Å². The first-order valence-corrected chi connectivity index (χ1v) is 22.8. The van der Waals surface area contributed by atoms with Gasteiger partial charge in [-0.3, -0.25) is 19.2 Å². The zero-order valence-corrected chi connectivity index (χ0v) is 39.7. The van der Waals surface area contributed by atoms with Crippen LogP contribution in [0.15, 0.2) is 196 Å². The van der Waals surface area contributed by atoms with Crippen molar-refractivity contribution in [3.63, 3.8) is 0 Å². The Labute approximate surface area is 426 Å². The molecule has 0 aliphatic rings. The van der Waals surface area contributed by atoms with Gasteiger partial charge in [0.2, 0.25) is 0 Å². The Bertz CT molecular complexity index is 3790. The largest absolute Gasteiger partial charge is 0.505 e. The molecule has 0 spiro atoms. The molecule has 9 aromatic carbocycles. The Morgan fingerprint density at radius 2 is 0.840 bits per heavy atom. The lowest BCUT2D eigenvalue weighted by Crippen LogP contribution is -2.17. The molecule has 18 nitrogen and oxygen atoms in total. The number of hydrogen-bond acceptors (Lipinski definition) is 13. The van der Waals surface area contributed by atoms with Gasteiger partial charge >= 0.3 is 5.97 Å². The number of carboxylic acids is 1. The fourth-order valence-corrected chi connectivity index (χ4v) is 7.96. The highest BCUT2D eigenvalue weighted by Crippen LogP contribution is 2.43. The van der Waals surface area contributed by atoms with Gasteiger partial charge < -0.3 is 46.1 Å². The van der Waals surface area contributed by atoms with Crippen molar-refractivity contribution in [1.82, 2.24) is 0 Å². The molecule has 0 fully saturated rings. The smallest absolute Gasteiger partial charge is 0.337 e. The van der Waals surface area contributed by atoms with Crippen molar-refractivity contribution >= 4 is 96.6 Å². The summed E-state index contributed by atoms with van der Waals surface area (Å²) in [7, 11) is 2.84. The Balaban J connectivity index is 0.995. The number of rotatable bonds is 15. The van der Waals surface area contributed by atoms with E-state index in [2.05, 4.69) is 41.7 Å². The van der Waals surface area contributed by atoms with E-state index in [1.165, 1.54) is 50.6 Å². The summed E-state index contributed by atoms with van der Waals surface area (Å²) in [6.45, 7) is 0. The highest BCUT2D eigenvalue weighted by molar-refractivity contribution is 6.15. The van der Waals surface area contributed by atoms with Crippen LogP contribution in [0.25, 0.3) is 21.5 Å². The summed E-state index contributed by atoms with van der Waals surface area (Å²) >= 11 is 0. The second kappa shape index (κ2) is 21.7. The van der Waals surface area contributed by atoms with E-state index in [9.17, 15) is 39.3 Å². The van der Waals surface area contributed by atoms with Gasteiger partial charge in [-0.2, -0.15) is 0 Å². The first-order chi connectivity index (χ1) is 36.4. The third-order valence-electron chi connectivity index (χ3n) is 11.7. The van der Waals surface area contributed by atoms with E-state index in [1.54, 1.807) is 121 Å². The number of carboxylic acid groups (broad SMARTS) is 1. The van der Waals surface area contributed by atoms with Gasteiger partial charge in [0.1, 0.15) is 34.2 Å². The predicted octanol–water partition coefficient (Wildman–Crippen LogP) is 13.0. The maximum Gasteiger partial charge on any atom is 0.337 e. The molecule has 0 aromatic heterocycles. The lowest BCUT2D eigenvalue weighted by Gasteiger charge is -2.15. The van der Waals surface area contributed by atoms with Crippen LogP contribution in [-0.2, 0) is 0 Å². The second-order valence-corrected chi connectivity index (χ2v) is 16.5. The number of phenols is 2. The normalized spacial score (nSPS) is 11.1. The first-order valence-electron chi connectivity index (χ1n) is 22.8. The number of para-hydroxylation sites is 2. The van der Waals surface area contributed by atoms with E-state index in [4.69, 9.17) is 9.47 Å². The fourth-order valence-electron chi connectivity index (χ4n) is 7.96. The highest BCUT2D eigenvalue weighted by atomic mass is 16.5. The quantitative estimate of drug-likeness (QED) is 0.0478. The number of nitrogens with one attached hydrogen (secondary N) is 4. The summed E-state index contributed by atoms with van der Waals surface area (Å²) in [6, 6.07) is 46.9. The molecule has 0 atom stereocenters.